The van der Waals surface area contributed by atoms with E-state index < -0.39 is 10.0 Å². The SMILES string of the molecule is CCN(CC(=O)N1CCCc2cc(S(=O)(=O)N3CCCC3)ccc21)CC1COc2ccccc2O1. The van der Waals surface area contributed by atoms with Gasteiger partial charge in [-0.3, -0.25) is 9.69 Å². The lowest BCUT2D eigenvalue weighted by Gasteiger charge is -2.34. The molecule has 35 heavy (non-hydrogen) atoms. The van der Waals surface area contributed by atoms with Crippen LogP contribution in [0.5, 0.6) is 11.5 Å². The first-order valence-electron chi connectivity index (χ1n) is 12.5. The molecule has 1 atom stereocenters. The van der Waals surface area contributed by atoms with Gasteiger partial charge in [-0.2, -0.15) is 4.31 Å². The van der Waals surface area contributed by atoms with Gasteiger partial charge in [-0.15, -0.1) is 0 Å². The molecule has 0 N–H and O–H groups in total. The monoisotopic (exact) mass is 499 g/mol. The van der Waals surface area contributed by atoms with Crippen molar-refractivity contribution >= 4 is 21.6 Å². The van der Waals surface area contributed by atoms with E-state index >= 15 is 0 Å². The molecular formula is C26H33N3O5S. The second kappa shape index (κ2) is 10.2. The van der Waals surface area contributed by atoms with Crippen LogP contribution < -0.4 is 14.4 Å². The highest BCUT2D eigenvalue weighted by Gasteiger charge is 2.31. The number of rotatable bonds is 7. The van der Waals surface area contributed by atoms with Crippen LogP contribution in [0.4, 0.5) is 5.69 Å². The average molecular weight is 500 g/mol. The molecule has 3 aliphatic heterocycles. The Kier molecular flexibility index (Phi) is 7.00. The second-order valence-electron chi connectivity index (χ2n) is 9.38. The number of likely N-dealkylation sites (N-methyl/N-ethyl adjacent to an activating group) is 1. The maximum absolute atomic E-state index is 13.3. The third-order valence-electron chi connectivity index (χ3n) is 7.01. The molecule has 0 aliphatic carbocycles. The standard InChI is InChI=1S/C26H33N3O5S/c1-2-27(17-21-19-33-24-9-3-4-10-25(24)34-21)18-26(30)29-15-7-8-20-16-22(11-12-23(20)29)35(31,32)28-13-5-6-14-28/h3-4,9-12,16,21H,2,5-8,13-15,17-19H2,1H3. The van der Waals surface area contributed by atoms with Crippen LogP contribution in [-0.2, 0) is 21.2 Å². The molecule has 8 nitrogen and oxygen atoms in total. The van der Waals surface area contributed by atoms with Crippen molar-refractivity contribution in [2.75, 3.05) is 50.8 Å². The van der Waals surface area contributed by atoms with E-state index in [0.717, 1.165) is 48.4 Å². The van der Waals surface area contributed by atoms with Crippen molar-refractivity contribution in [2.24, 2.45) is 0 Å². The van der Waals surface area contributed by atoms with Crippen LogP contribution in [0.3, 0.4) is 0 Å². The quantitative estimate of drug-likeness (QED) is 0.583. The maximum atomic E-state index is 13.3. The second-order valence-corrected chi connectivity index (χ2v) is 11.3. The largest absolute Gasteiger partial charge is 0.486 e. The molecule has 188 valence electrons. The molecular weight excluding hydrogens is 466 g/mol. The molecule has 1 amide bonds. The lowest BCUT2D eigenvalue weighted by Crippen LogP contribution is -2.47. The van der Waals surface area contributed by atoms with E-state index in [0.29, 0.717) is 44.2 Å². The number of anilines is 1. The Morgan fingerprint density at radius 1 is 1.06 bits per heavy atom. The van der Waals surface area contributed by atoms with Gasteiger partial charge < -0.3 is 14.4 Å². The van der Waals surface area contributed by atoms with E-state index in [9.17, 15) is 13.2 Å². The van der Waals surface area contributed by atoms with Gasteiger partial charge in [0.15, 0.2) is 11.5 Å². The number of nitrogens with zero attached hydrogens (tertiary/aromatic N) is 3. The summed E-state index contributed by atoms with van der Waals surface area (Å²) in [6.07, 6.45) is 3.25. The van der Waals surface area contributed by atoms with Crippen LogP contribution >= 0.6 is 0 Å². The molecule has 2 aromatic carbocycles. The molecule has 0 spiro atoms. The Hall–Kier alpha value is -2.62. The van der Waals surface area contributed by atoms with Crippen molar-refractivity contribution in [2.45, 2.75) is 43.6 Å². The molecule has 5 rings (SSSR count). The van der Waals surface area contributed by atoms with Crippen LogP contribution in [0.1, 0.15) is 31.7 Å². The van der Waals surface area contributed by atoms with E-state index in [4.69, 9.17) is 9.47 Å². The van der Waals surface area contributed by atoms with Gasteiger partial charge in [-0.25, -0.2) is 8.42 Å². The fourth-order valence-electron chi connectivity index (χ4n) is 5.09. The molecule has 0 radical (unpaired) electrons. The van der Waals surface area contributed by atoms with Gasteiger partial charge in [0.2, 0.25) is 15.9 Å². The number of aryl methyl sites for hydroxylation is 1. The smallest absolute Gasteiger partial charge is 0.243 e. The average Bonchev–Trinajstić information content (AvgIpc) is 3.43. The van der Waals surface area contributed by atoms with Gasteiger partial charge in [0.05, 0.1) is 11.4 Å². The first-order chi connectivity index (χ1) is 17.0. The minimum Gasteiger partial charge on any atom is -0.486 e. The Morgan fingerprint density at radius 3 is 2.60 bits per heavy atom. The van der Waals surface area contributed by atoms with Gasteiger partial charge in [0.1, 0.15) is 12.7 Å². The van der Waals surface area contributed by atoms with Crippen LogP contribution in [0, 0.1) is 0 Å². The van der Waals surface area contributed by atoms with E-state index in [1.165, 1.54) is 0 Å². The summed E-state index contributed by atoms with van der Waals surface area (Å²) in [6.45, 7) is 5.85. The van der Waals surface area contributed by atoms with Gasteiger partial charge >= 0.3 is 0 Å². The highest BCUT2D eigenvalue weighted by Crippen LogP contribution is 2.32. The van der Waals surface area contributed by atoms with E-state index in [-0.39, 0.29) is 18.6 Å². The van der Waals surface area contributed by atoms with Gasteiger partial charge in [-0.05, 0) is 68.1 Å². The normalized spacial score (nSPS) is 20.2. The van der Waals surface area contributed by atoms with E-state index in [2.05, 4.69) is 4.90 Å². The Balaban J connectivity index is 1.26. The number of benzene rings is 2. The van der Waals surface area contributed by atoms with Gasteiger partial charge in [0.25, 0.3) is 0 Å². The lowest BCUT2D eigenvalue weighted by molar-refractivity contribution is -0.120. The zero-order chi connectivity index (χ0) is 24.4. The van der Waals surface area contributed by atoms with Crippen LogP contribution in [0.15, 0.2) is 47.4 Å². The van der Waals surface area contributed by atoms with Gasteiger partial charge in [0, 0.05) is 31.9 Å². The summed E-state index contributed by atoms with van der Waals surface area (Å²) in [7, 11) is -3.47. The molecule has 0 bridgehead atoms. The number of hydrogen-bond donors (Lipinski definition) is 0. The highest BCUT2D eigenvalue weighted by molar-refractivity contribution is 7.89. The number of amides is 1. The van der Waals surface area contributed by atoms with E-state index in [1.807, 2.05) is 31.2 Å². The zero-order valence-electron chi connectivity index (χ0n) is 20.2. The van der Waals surface area contributed by atoms with Crippen LogP contribution in [0.2, 0.25) is 0 Å². The number of hydrogen-bond acceptors (Lipinski definition) is 6. The molecule has 3 heterocycles. The molecule has 1 fully saturated rings. The molecule has 0 saturated carbocycles. The van der Waals surface area contributed by atoms with Gasteiger partial charge in [-0.1, -0.05) is 19.1 Å². The van der Waals surface area contributed by atoms with Crippen molar-refractivity contribution in [3.8, 4) is 11.5 Å². The number of fused-ring (bicyclic) bond motifs is 2. The van der Waals surface area contributed by atoms with Crippen molar-refractivity contribution in [1.29, 1.82) is 0 Å². The predicted octanol–water partition coefficient (Wildman–Crippen LogP) is 2.91. The number of para-hydroxylation sites is 2. The summed E-state index contributed by atoms with van der Waals surface area (Å²) in [6, 6.07) is 12.8. The minimum absolute atomic E-state index is 0.0140. The van der Waals surface area contributed by atoms with Crippen molar-refractivity contribution in [3.63, 3.8) is 0 Å². The third kappa shape index (κ3) is 5.03. The minimum atomic E-state index is -3.47. The molecule has 0 aromatic heterocycles. The lowest BCUT2D eigenvalue weighted by atomic mass is 10.0. The molecule has 1 saturated heterocycles. The summed E-state index contributed by atoms with van der Waals surface area (Å²) in [5.74, 6) is 1.50. The van der Waals surface area contributed by atoms with E-state index in [1.54, 1.807) is 27.4 Å². The van der Waals surface area contributed by atoms with Crippen LogP contribution in [0.25, 0.3) is 0 Å². The summed E-state index contributed by atoms with van der Waals surface area (Å²) < 4.78 is 39.5. The maximum Gasteiger partial charge on any atom is 0.243 e. The third-order valence-corrected chi connectivity index (χ3v) is 8.90. The number of sulfonamides is 1. The summed E-state index contributed by atoms with van der Waals surface area (Å²) in [5.41, 5.74) is 1.75. The molecule has 2 aromatic rings. The summed E-state index contributed by atoms with van der Waals surface area (Å²) in [5, 5.41) is 0. The first kappa shape index (κ1) is 24.1. The fourth-order valence-corrected chi connectivity index (χ4v) is 6.66. The Bertz CT molecular complexity index is 1180. The van der Waals surface area contributed by atoms with Crippen molar-refractivity contribution in [3.05, 3.63) is 48.0 Å². The topological polar surface area (TPSA) is 79.4 Å². The molecule has 3 aliphatic rings. The first-order valence-corrected chi connectivity index (χ1v) is 13.9. The highest BCUT2D eigenvalue weighted by atomic mass is 32.2. The fraction of sp³-hybridized carbons (Fsp3) is 0.500. The Labute approximate surface area is 207 Å². The van der Waals surface area contributed by atoms with Crippen molar-refractivity contribution < 1.29 is 22.7 Å². The number of carbonyl (C=O) groups is 1. The number of carbonyl (C=O) groups excluding carboxylic acids is 1. The Morgan fingerprint density at radius 2 is 1.83 bits per heavy atom. The number of ether oxygens (including phenoxy) is 2. The van der Waals surface area contributed by atoms with Crippen LogP contribution in [-0.4, -0.2) is 75.5 Å². The molecule has 1 unspecified atom stereocenters. The summed E-state index contributed by atoms with van der Waals surface area (Å²) in [4.78, 5) is 17.6. The zero-order valence-corrected chi connectivity index (χ0v) is 21.0. The molecule has 9 heteroatoms. The predicted molar refractivity (Wildman–Crippen MR) is 134 cm³/mol. The van der Waals surface area contributed by atoms with Crippen molar-refractivity contribution in [1.82, 2.24) is 9.21 Å². The summed E-state index contributed by atoms with van der Waals surface area (Å²) >= 11 is 0.